The molecule has 0 aliphatic rings. The van der Waals surface area contributed by atoms with Crippen molar-refractivity contribution in [1.29, 1.82) is 0 Å². The number of carbonyl (C=O) groups excluding carboxylic acids is 2. The van der Waals surface area contributed by atoms with Gasteiger partial charge in [0, 0.05) is 10.0 Å². The minimum Gasteiger partial charge on any atom is -0.490 e. The molecule has 0 unspecified atom stereocenters. The number of hydrogen-bond donors (Lipinski definition) is 0. The molecule has 0 aromatic heterocycles. The summed E-state index contributed by atoms with van der Waals surface area (Å²) in [4.78, 5) is 23.7. The summed E-state index contributed by atoms with van der Waals surface area (Å²) in [5.41, 5.74) is 0.472. The van der Waals surface area contributed by atoms with Crippen LogP contribution < -0.4 is 9.47 Å². The van der Waals surface area contributed by atoms with E-state index in [9.17, 15) is 9.59 Å². The SMILES string of the molecule is CCOc1ccccc1OCC(=O)OCC(=O)c1cccc(Br)c1. The van der Waals surface area contributed by atoms with Crippen LogP contribution in [0.15, 0.2) is 53.0 Å². The fourth-order valence-corrected chi connectivity index (χ4v) is 2.31. The van der Waals surface area contributed by atoms with Crippen molar-refractivity contribution in [1.82, 2.24) is 0 Å². The number of halogens is 1. The van der Waals surface area contributed by atoms with Crippen LogP contribution in [0.1, 0.15) is 17.3 Å². The summed E-state index contributed by atoms with van der Waals surface area (Å²) in [5.74, 6) is 0.108. The molecule has 0 spiro atoms. The van der Waals surface area contributed by atoms with Gasteiger partial charge in [-0.1, -0.05) is 40.2 Å². The Kier molecular flexibility index (Phi) is 6.81. The van der Waals surface area contributed by atoms with Gasteiger partial charge >= 0.3 is 5.97 Å². The Balaban J connectivity index is 1.83. The van der Waals surface area contributed by atoms with Crippen molar-refractivity contribution in [3.8, 4) is 11.5 Å². The summed E-state index contributed by atoms with van der Waals surface area (Å²) in [5, 5.41) is 0. The lowest BCUT2D eigenvalue weighted by Gasteiger charge is -2.11. The van der Waals surface area contributed by atoms with Crippen molar-refractivity contribution in [3.63, 3.8) is 0 Å². The molecule has 0 fully saturated rings. The predicted molar refractivity (Wildman–Crippen MR) is 92.5 cm³/mol. The molecule has 5 nitrogen and oxygen atoms in total. The molecule has 24 heavy (non-hydrogen) atoms. The van der Waals surface area contributed by atoms with Gasteiger partial charge in [-0.25, -0.2) is 4.79 Å². The number of hydrogen-bond acceptors (Lipinski definition) is 5. The number of carbonyl (C=O) groups is 2. The number of esters is 1. The first kappa shape index (κ1) is 18.0. The van der Waals surface area contributed by atoms with Gasteiger partial charge in [-0.05, 0) is 31.2 Å². The Morgan fingerprint density at radius 3 is 2.33 bits per heavy atom. The number of benzene rings is 2. The lowest BCUT2D eigenvalue weighted by atomic mass is 10.1. The maximum atomic E-state index is 12.0. The van der Waals surface area contributed by atoms with Crippen molar-refractivity contribution in [2.75, 3.05) is 19.8 Å². The van der Waals surface area contributed by atoms with Crippen molar-refractivity contribution < 1.29 is 23.8 Å². The van der Waals surface area contributed by atoms with E-state index in [1.54, 1.807) is 36.4 Å². The van der Waals surface area contributed by atoms with Gasteiger partial charge in [-0.3, -0.25) is 4.79 Å². The van der Waals surface area contributed by atoms with Crippen LogP contribution in [0.2, 0.25) is 0 Å². The maximum Gasteiger partial charge on any atom is 0.344 e. The largest absolute Gasteiger partial charge is 0.490 e. The first-order valence-electron chi connectivity index (χ1n) is 7.39. The molecular weight excluding hydrogens is 376 g/mol. The standard InChI is InChI=1S/C18H17BrO5/c1-2-22-16-8-3-4-9-17(16)23-12-18(21)24-11-15(20)13-6-5-7-14(19)10-13/h3-10H,2,11-12H2,1H3. The van der Waals surface area contributed by atoms with E-state index in [4.69, 9.17) is 14.2 Å². The Labute approximate surface area is 148 Å². The van der Waals surface area contributed by atoms with E-state index in [-0.39, 0.29) is 19.0 Å². The molecule has 0 saturated heterocycles. The molecule has 0 atom stereocenters. The normalized spacial score (nSPS) is 10.1. The third-order valence-electron chi connectivity index (χ3n) is 3.01. The van der Waals surface area contributed by atoms with Crippen molar-refractivity contribution in [2.45, 2.75) is 6.92 Å². The van der Waals surface area contributed by atoms with Gasteiger partial charge in [0.15, 0.2) is 30.5 Å². The topological polar surface area (TPSA) is 61.8 Å². The summed E-state index contributed by atoms with van der Waals surface area (Å²) in [7, 11) is 0. The fraction of sp³-hybridized carbons (Fsp3) is 0.222. The predicted octanol–water partition coefficient (Wildman–Crippen LogP) is 3.65. The Hall–Kier alpha value is -2.34. The average molecular weight is 393 g/mol. The monoisotopic (exact) mass is 392 g/mol. The van der Waals surface area contributed by atoms with E-state index < -0.39 is 5.97 Å². The molecule has 2 rings (SSSR count). The van der Waals surface area contributed by atoms with E-state index in [0.717, 1.165) is 4.47 Å². The molecule has 0 aliphatic carbocycles. The average Bonchev–Trinajstić information content (AvgIpc) is 2.59. The van der Waals surface area contributed by atoms with Crippen LogP contribution in [-0.4, -0.2) is 31.6 Å². The van der Waals surface area contributed by atoms with E-state index >= 15 is 0 Å². The highest BCUT2D eigenvalue weighted by Crippen LogP contribution is 2.26. The van der Waals surface area contributed by atoms with Crippen LogP contribution in [0, 0.1) is 0 Å². The molecule has 0 aliphatic heterocycles. The van der Waals surface area contributed by atoms with Gasteiger partial charge in [-0.15, -0.1) is 0 Å². The second kappa shape index (κ2) is 9.08. The zero-order valence-corrected chi connectivity index (χ0v) is 14.7. The third kappa shape index (κ3) is 5.38. The Morgan fingerprint density at radius 2 is 1.67 bits per heavy atom. The molecule has 6 heteroatoms. The van der Waals surface area contributed by atoms with Crippen molar-refractivity contribution >= 4 is 27.7 Å². The molecule has 2 aromatic carbocycles. The lowest BCUT2D eigenvalue weighted by Crippen LogP contribution is -2.19. The van der Waals surface area contributed by atoms with Crippen LogP contribution in [0.5, 0.6) is 11.5 Å². The lowest BCUT2D eigenvalue weighted by molar-refractivity contribution is -0.144. The quantitative estimate of drug-likeness (QED) is 0.506. The maximum absolute atomic E-state index is 12.0. The van der Waals surface area contributed by atoms with Crippen LogP contribution >= 0.6 is 15.9 Å². The zero-order chi connectivity index (χ0) is 17.4. The van der Waals surface area contributed by atoms with Gasteiger partial charge in [0.1, 0.15) is 0 Å². The van der Waals surface area contributed by atoms with E-state index in [0.29, 0.717) is 23.7 Å². The molecule has 0 amide bonds. The molecule has 2 aromatic rings. The molecule has 0 N–H and O–H groups in total. The van der Waals surface area contributed by atoms with Gasteiger partial charge in [0.25, 0.3) is 0 Å². The summed E-state index contributed by atoms with van der Waals surface area (Å²) < 4.78 is 16.5. The van der Waals surface area contributed by atoms with Gasteiger partial charge < -0.3 is 14.2 Å². The summed E-state index contributed by atoms with van der Waals surface area (Å²) in [6, 6.07) is 13.9. The number of Topliss-reactive ketones (excluding diaryl/α,β-unsaturated/α-hetero) is 1. The van der Waals surface area contributed by atoms with E-state index in [1.807, 2.05) is 19.1 Å². The second-order valence-corrected chi connectivity index (χ2v) is 5.68. The number of para-hydroxylation sites is 2. The number of ether oxygens (including phenoxy) is 3. The van der Waals surface area contributed by atoms with Gasteiger partial charge in [0.2, 0.25) is 0 Å². The highest BCUT2D eigenvalue weighted by atomic mass is 79.9. The summed E-state index contributed by atoms with van der Waals surface area (Å²) >= 11 is 3.29. The molecular formula is C18H17BrO5. The fourth-order valence-electron chi connectivity index (χ4n) is 1.91. The van der Waals surface area contributed by atoms with Crippen LogP contribution in [0.4, 0.5) is 0 Å². The summed E-state index contributed by atoms with van der Waals surface area (Å²) in [6.45, 7) is 1.73. The second-order valence-electron chi connectivity index (χ2n) is 4.76. The molecule has 0 saturated carbocycles. The van der Waals surface area contributed by atoms with Crippen LogP contribution in [0.3, 0.4) is 0 Å². The minimum atomic E-state index is -0.621. The molecule has 0 bridgehead atoms. The van der Waals surface area contributed by atoms with Crippen LogP contribution in [-0.2, 0) is 9.53 Å². The Morgan fingerprint density at radius 1 is 0.958 bits per heavy atom. The van der Waals surface area contributed by atoms with E-state index in [1.165, 1.54) is 0 Å². The minimum absolute atomic E-state index is 0.278. The molecule has 0 radical (unpaired) electrons. The highest BCUT2D eigenvalue weighted by molar-refractivity contribution is 9.10. The number of ketones is 1. The molecule has 0 heterocycles. The first-order chi connectivity index (χ1) is 11.6. The van der Waals surface area contributed by atoms with Crippen LogP contribution in [0.25, 0.3) is 0 Å². The highest BCUT2D eigenvalue weighted by Gasteiger charge is 2.12. The number of rotatable bonds is 8. The first-order valence-corrected chi connectivity index (χ1v) is 8.18. The smallest absolute Gasteiger partial charge is 0.344 e. The summed E-state index contributed by atoms with van der Waals surface area (Å²) in [6.07, 6.45) is 0. The van der Waals surface area contributed by atoms with Crippen molar-refractivity contribution in [2.24, 2.45) is 0 Å². The zero-order valence-electron chi connectivity index (χ0n) is 13.2. The Bertz CT molecular complexity index is 714. The van der Waals surface area contributed by atoms with Crippen molar-refractivity contribution in [3.05, 3.63) is 58.6 Å². The van der Waals surface area contributed by atoms with Gasteiger partial charge in [-0.2, -0.15) is 0 Å². The third-order valence-corrected chi connectivity index (χ3v) is 3.50. The van der Waals surface area contributed by atoms with E-state index in [2.05, 4.69) is 15.9 Å². The van der Waals surface area contributed by atoms with Gasteiger partial charge in [0.05, 0.1) is 6.61 Å². The molecule has 126 valence electrons.